The van der Waals surface area contributed by atoms with E-state index in [2.05, 4.69) is 20.5 Å². The highest BCUT2D eigenvalue weighted by molar-refractivity contribution is 7.13. The summed E-state index contributed by atoms with van der Waals surface area (Å²) in [7, 11) is 0. The summed E-state index contributed by atoms with van der Waals surface area (Å²) in [6.45, 7) is 5.41. The monoisotopic (exact) mass is 336 g/mol. The maximum Gasteiger partial charge on any atom is 0.321 e. The molecule has 3 rings (SSSR count). The number of furan rings is 1. The molecule has 1 saturated heterocycles. The molecule has 3 heterocycles. The Morgan fingerprint density at radius 3 is 2.91 bits per heavy atom. The number of thiazole rings is 1. The third-order valence-electron chi connectivity index (χ3n) is 3.68. The van der Waals surface area contributed by atoms with Gasteiger partial charge in [0.2, 0.25) is 0 Å². The molecule has 0 spiro atoms. The third kappa shape index (κ3) is 4.31. The Morgan fingerprint density at radius 2 is 2.26 bits per heavy atom. The van der Waals surface area contributed by atoms with E-state index in [4.69, 9.17) is 9.15 Å². The van der Waals surface area contributed by atoms with Gasteiger partial charge in [0.25, 0.3) is 0 Å². The molecule has 0 aromatic carbocycles. The second kappa shape index (κ2) is 7.58. The number of morpholine rings is 1. The number of amides is 2. The molecule has 0 aliphatic carbocycles. The van der Waals surface area contributed by atoms with Gasteiger partial charge in [0.15, 0.2) is 5.13 Å². The van der Waals surface area contributed by atoms with Crippen LogP contribution in [0.5, 0.6) is 0 Å². The fourth-order valence-corrected chi connectivity index (χ4v) is 3.07. The lowest BCUT2D eigenvalue weighted by molar-refractivity contribution is 0.0122. The van der Waals surface area contributed by atoms with Crippen molar-refractivity contribution in [2.24, 2.45) is 0 Å². The average Bonchev–Trinajstić information content (AvgIpc) is 3.21. The van der Waals surface area contributed by atoms with Gasteiger partial charge in [-0.25, -0.2) is 9.78 Å². The van der Waals surface area contributed by atoms with Crippen LogP contribution in [0, 0.1) is 6.92 Å². The number of aryl methyl sites for hydroxylation is 1. The molecule has 0 radical (unpaired) electrons. The number of hydrogen-bond donors (Lipinski definition) is 2. The maximum absolute atomic E-state index is 12.0. The van der Waals surface area contributed by atoms with E-state index in [1.165, 1.54) is 11.3 Å². The summed E-state index contributed by atoms with van der Waals surface area (Å²) in [5, 5.41) is 8.02. The van der Waals surface area contributed by atoms with Gasteiger partial charge in [-0.15, -0.1) is 11.3 Å². The summed E-state index contributed by atoms with van der Waals surface area (Å²) in [4.78, 5) is 18.3. The van der Waals surface area contributed by atoms with E-state index in [-0.39, 0.29) is 12.1 Å². The summed E-state index contributed by atoms with van der Waals surface area (Å²) >= 11 is 1.38. The van der Waals surface area contributed by atoms with Crippen LogP contribution in [0.15, 0.2) is 28.1 Å². The third-order valence-corrected chi connectivity index (χ3v) is 4.37. The molecule has 0 unspecified atom stereocenters. The van der Waals surface area contributed by atoms with E-state index in [1.54, 1.807) is 6.20 Å². The minimum atomic E-state index is -0.263. The first-order chi connectivity index (χ1) is 11.2. The van der Waals surface area contributed by atoms with Gasteiger partial charge in [-0.05, 0) is 19.1 Å². The molecule has 124 valence electrons. The number of nitrogens with one attached hydrogen (secondary N) is 2. The van der Waals surface area contributed by atoms with Crippen LogP contribution in [0.3, 0.4) is 0 Å². The van der Waals surface area contributed by atoms with Crippen LogP contribution in [0.2, 0.25) is 0 Å². The molecule has 23 heavy (non-hydrogen) atoms. The largest absolute Gasteiger partial charge is 0.465 e. The molecule has 2 aromatic heterocycles. The predicted molar refractivity (Wildman–Crippen MR) is 87.7 cm³/mol. The summed E-state index contributed by atoms with van der Waals surface area (Å²) in [5.74, 6) is 1.73. The van der Waals surface area contributed by atoms with Crippen LogP contribution in [-0.4, -0.2) is 48.8 Å². The molecule has 1 aliphatic heterocycles. The van der Waals surface area contributed by atoms with Gasteiger partial charge in [-0.3, -0.25) is 10.2 Å². The number of carbonyl (C=O) groups is 1. The first-order valence-electron chi connectivity index (χ1n) is 7.55. The second-order valence-electron chi connectivity index (χ2n) is 5.28. The Balaban J connectivity index is 1.62. The zero-order valence-corrected chi connectivity index (χ0v) is 13.8. The van der Waals surface area contributed by atoms with E-state index < -0.39 is 0 Å². The highest BCUT2D eigenvalue weighted by atomic mass is 32.1. The van der Waals surface area contributed by atoms with E-state index in [1.807, 2.05) is 24.4 Å². The van der Waals surface area contributed by atoms with Gasteiger partial charge >= 0.3 is 6.03 Å². The summed E-state index contributed by atoms with van der Waals surface area (Å²) in [6, 6.07) is 3.64. The number of anilines is 1. The molecule has 1 aliphatic rings. The molecular formula is C15H20N4O3S. The lowest BCUT2D eigenvalue weighted by atomic mass is 10.1. The molecule has 8 heteroatoms. The first-order valence-corrected chi connectivity index (χ1v) is 8.43. The smallest absolute Gasteiger partial charge is 0.321 e. The molecule has 7 nitrogen and oxygen atoms in total. The van der Waals surface area contributed by atoms with Crippen molar-refractivity contribution in [2.45, 2.75) is 13.0 Å². The van der Waals surface area contributed by atoms with Crippen molar-refractivity contribution in [3.63, 3.8) is 0 Å². The average molecular weight is 336 g/mol. The number of carbonyl (C=O) groups excluding carboxylic acids is 1. The van der Waals surface area contributed by atoms with Gasteiger partial charge in [-0.2, -0.15) is 0 Å². The molecule has 2 N–H and O–H groups in total. The SMILES string of the molecule is Cc1ccc([C@@H](CNC(=O)Nc2nccs2)N2CCOCC2)o1. The zero-order chi connectivity index (χ0) is 16.1. The Morgan fingerprint density at radius 1 is 1.43 bits per heavy atom. The van der Waals surface area contributed by atoms with Crippen molar-refractivity contribution in [3.05, 3.63) is 35.2 Å². The van der Waals surface area contributed by atoms with Gasteiger partial charge in [-0.1, -0.05) is 0 Å². The number of urea groups is 1. The number of nitrogens with zero attached hydrogens (tertiary/aromatic N) is 2. The lowest BCUT2D eigenvalue weighted by Crippen LogP contribution is -2.44. The lowest BCUT2D eigenvalue weighted by Gasteiger charge is -2.33. The quantitative estimate of drug-likeness (QED) is 0.875. The highest BCUT2D eigenvalue weighted by Crippen LogP contribution is 2.23. The van der Waals surface area contributed by atoms with Crippen molar-refractivity contribution >= 4 is 22.5 Å². The van der Waals surface area contributed by atoms with E-state index >= 15 is 0 Å². The first kappa shape index (κ1) is 16.0. The van der Waals surface area contributed by atoms with Gasteiger partial charge in [0, 0.05) is 31.2 Å². The van der Waals surface area contributed by atoms with Crippen LogP contribution in [0.1, 0.15) is 17.6 Å². The Hall–Kier alpha value is -1.90. The van der Waals surface area contributed by atoms with Crippen LogP contribution < -0.4 is 10.6 Å². The maximum atomic E-state index is 12.0. The standard InChI is InChI=1S/C15H20N4O3S/c1-11-2-3-13(22-11)12(19-5-7-21-8-6-19)10-17-14(20)18-15-16-4-9-23-15/h2-4,9,12H,5-8,10H2,1H3,(H2,16,17,18,20)/t12-/m1/s1. The van der Waals surface area contributed by atoms with Gasteiger partial charge in [0.1, 0.15) is 11.5 Å². The van der Waals surface area contributed by atoms with Crippen molar-refractivity contribution in [1.29, 1.82) is 0 Å². The Labute approximate surface area is 138 Å². The van der Waals surface area contributed by atoms with Crippen molar-refractivity contribution in [3.8, 4) is 0 Å². The zero-order valence-electron chi connectivity index (χ0n) is 12.9. The van der Waals surface area contributed by atoms with Crippen LogP contribution >= 0.6 is 11.3 Å². The van der Waals surface area contributed by atoms with Crippen molar-refractivity contribution < 1.29 is 13.9 Å². The Bertz CT molecular complexity index is 622. The summed E-state index contributed by atoms with van der Waals surface area (Å²) in [5.41, 5.74) is 0. The molecule has 2 amide bonds. The van der Waals surface area contributed by atoms with E-state index in [0.29, 0.717) is 24.9 Å². The van der Waals surface area contributed by atoms with Gasteiger partial charge in [0.05, 0.1) is 19.3 Å². The second-order valence-corrected chi connectivity index (χ2v) is 6.18. The molecular weight excluding hydrogens is 316 g/mol. The fraction of sp³-hybridized carbons (Fsp3) is 0.467. The van der Waals surface area contributed by atoms with Crippen LogP contribution in [-0.2, 0) is 4.74 Å². The highest BCUT2D eigenvalue weighted by Gasteiger charge is 2.25. The van der Waals surface area contributed by atoms with Crippen LogP contribution in [0.25, 0.3) is 0 Å². The van der Waals surface area contributed by atoms with Gasteiger partial charge < -0.3 is 14.5 Å². The van der Waals surface area contributed by atoms with Crippen LogP contribution in [0.4, 0.5) is 9.93 Å². The fourth-order valence-electron chi connectivity index (χ4n) is 2.55. The number of hydrogen-bond acceptors (Lipinski definition) is 6. The molecule has 2 aromatic rings. The topological polar surface area (TPSA) is 79.6 Å². The Kier molecular flexibility index (Phi) is 5.27. The summed E-state index contributed by atoms with van der Waals surface area (Å²) in [6.07, 6.45) is 1.66. The van der Waals surface area contributed by atoms with Crippen molar-refractivity contribution in [2.75, 3.05) is 38.2 Å². The molecule has 1 atom stereocenters. The minimum absolute atomic E-state index is 0.00496. The summed E-state index contributed by atoms with van der Waals surface area (Å²) < 4.78 is 11.2. The number of ether oxygens (including phenoxy) is 1. The molecule has 1 fully saturated rings. The minimum Gasteiger partial charge on any atom is -0.465 e. The van der Waals surface area contributed by atoms with E-state index in [9.17, 15) is 4.79 Å². The van der Waals surface area contributed by atoms with Crippen molar-refractivity contribution in [1.82, 2.24) is 15.2 Å². The predicted octanol–water partition coefficient (Wildman–Crippen LogP) is 2.24. The molecule has 0 bridgehead atoms. The molecule has 0 saturated carbocycles. The van der Waals surface area contributed by atoms with E-state index in [0.717, 1.165) is 24.6 Å². The normalized spacial score (nSPS) is 16.9. The number of rotatable bonds is 5. The number of aromatic nitrogens is 1.